The molecule has 2 aromatic rings. The molecule has 2 N–H and O–H groups in total. The van der Waals surface area contributed by atoms with Gasteiger partial charge in [0.2, 0.25) is 5.91 Å². The summed E-state index contributed by atoms with van der Waals surface area (Å²) in [4.78, 5) is 29.0. The quantitative estimate of drug-likeness (QED) is 0.906. The van der Waals surface area contributed by atoms with Crippen LogP contribution in [0.2, 0.25) is 0 Å². The van der Waals surface area contributed by atoms with E-state index in [0.717, 1.165) is 22.9 Å². The van der Waals surface area contributed by atoms with Gasteiger partial charge in [-0.1, -0.05) is 32.0 Å². The van der Waals surface area contributed by atoms with Crippen LogP contribution in [0, 0.1) is 11.8 Å². The van der Waals surface area contributed by atoms with Gasteiger partial charge in [-0.15, -0.1) is 0 Å². The Bertz CT molecular complexity index is 765. The van der Waals surface area contributed by atoms with Crippen LogP contribution in [0.1, 0.15) is 31.4 Å². The van der Waals surface area contributed by atoms with Crippen LogP contribution in [-0.4, -0.2) is 40.0 Å². The van der Waals surface area contributed by atoms with Crippen molar-refractivity contribution in [1.82, 2.24) is 9.88 Å². The Kier molecular flexibility index (Phi) is 4.60. The molecule has 1 saturated heterocycles. The first-order valence-electron chi connectivity index (χ1n) is 8.58. The Morgan fingerprint density at radius 3 is 2.79 bits per heavy atom. The third-order valence-corrected chi connectivity index (χ3v) is 4.97. The van der Waals surface area contributed by atoms with Crippen LogP contribution in [0.15, 0.2) is 24.4 Å². The molecule has 1 aromatic heterocycles. The Balaban J connectivity index is 1.78. The zero-order chi connectivity index (χ0) is 17.3. The molecule has 0 saturated carbocycles. The highest BCUT2D eigenvalue weighted by atomic mass is 16.4. The molecule has 1 amide bonds. The van der Waals surface area contributed by atoms with E-state index in [0.29, 0.717) is 25.9 Å². The molecule has 0 radical (unpaired) electrons. The molecule has 1 aliphatic heterocycles. The number of benzene rings is 1. The van der Waals surface area contributed by atoms with Crippen LogP contribution in [0.3, 0.4) is 0 Å². The SMILES string of the molecule is CCc1cccc2c(CC(=O)N3CC(C)CC(C(=O)O)C3)c[nH]c12. The van der Waals surface area contributed by atoms with Gasteiger partial charge in [0.25, 0.3) is 0 Å². The summed E-state index contributed by atoms with van der Waals surface area (Å²) in [5, 5.41) is 10.4. The fraction of sp³-hybridized carbons (Fsp3) is 0.474. The number of aryl methyl sites for hydroxylation is 1. The van der Waals surface area contributed by atoms with E-state index >= 15 is 0 Å². The van der Waals surface area contributed by atoms with Crippen LogP contribution in [0.25, 0.3) is 10.9 Å². The number of likely N-dealkylation sites (tertiary alicyclic amines) is 1. The van der Waals surface area contributed by atoms with Gasteiger partial charge in [-0.25, -0.2) is 0 Å². The van der Waals surface area contributed by atoms with Gasteiger partial charge in [-0.3, -0.25) is 9.59 Å². The minimum absolute atomic E-state index is 0.00982. The van der Waals surface area contributed by atoms with E-state index in [2.05, 4.69) is 18.0 Å². The van der Waals surface area contributed by atoms with Crippen LogP contribution in [-0.2, 0) is 22.4 Å². The van der Waals surface area contributed by atoms with Gasteiger partial charge in [0.05, 0.1) is 12.3 Å². The van der Waals surface area contributed by atoms with Crippen molar-refractivity contribution in [3.8, 4) is 0 Å². The van der Waals surface area contributed by atoms with Gasteiger partial charge in [-0.2, -0.15) is 0 Å². The van der Waals surface area contributed by atoms with Crippen molar-refractivity contribution in [2.45, 2.75) is 33.1 Å². The number of hydrogen-bond acceptors (Lipinski definition) is 2. The lowest BCUT2D eigenvalue weighted by Gasteiger charge is -2.34. The molecule has 1 fully saturated rings. The van der Waals surface area contributed by atoms with Gasteiger partial charge in [-0.05, 0) is 29.9 Å². The highest BCUT2D eigenvalue weighted by Crippen LogP contribution is 2.25. The average molecular weight is 328 g/mol. The zero-order valence-electron chi connectivity index (χ0n) is 14.2. The number of hydrogen-bond donors (Lipinski definition) is 2. The second kappa shape index (κ2) is 6.67. The topological polar surface area (TPSA) is 73.4 Å². The number of nitrogens with zero attached hydrogens (tertiary/aromatic N) is 1. The van der Waals surface area contributed by atoms with Crippen molar-refractivity contribution in [3.63, 3.8) is 0 Å². The van der Waals surface area contributed by atoms with Crippen LogP contribution >= 0.6 is 0 Å². The fourth-order valence-electron chi connectivity index (χ4n) is 3.72. The normalized spacial score (nSPS) is 21.2. The van der Waals surface area contributed by atoms with E-state index in [1.165, 1.54) is 5.56 Å². The maximum Gasteiger partial charge on any atom is 0.308 e. The third kappa shape index (κ3) is 3.16. The number of aromatic amines is 1. The molecule has 1 aliphatic rings. The fourth-order valence-corrected chi connectivity index (χ4v) is 3.72. The number of nitrogens with one attached hydrogen (secondary N) is 1. The second-order valence-electron chi connectivity index (χ2n) is 6.86. The molecule has 0 bridgehead atoms. The van der Waals surface area contributed by atoms with Gasteiger partial charge in [0.1, 0.15) is 0 Å². The lowest BCUT2D eigenvalue weighted by atomic mass is 9.90. The average Bonchev–Trinajstić information content (AvgIpc) is 2.97. The number of carboxylic acid groups (broad SMARTS) is 1. The number of aliphatic carboxylic acids is 1. The van der Waals surface area contributed by atoms with Crippen molar-refractivity contribution < 1.29 is 14.7 Å². The maximum atomic E-state index is 12.7. The third-order valence-electron chi connectivity index (χ3n) is 4.97. The first-order valence-corrected chi connectivity index (χ1v) is 8.58. The number of carbonyl (C=O) groups is 2. The number of para-hydroxylation sites is 1. The van der Waals surface area contributed by atoms with Gasteiger partial charge in [0, 0.05) is 30.2 Å². The molecular weight excluding hydrogens is 304 g/mol. The summed E-state index contributed by atoms with van der Waals surface area (Å²) in [6.07, 6.45) is 3.80. The number of piperidine rings is 1. The molecule has 0 spiro atoms. The van der Waals surface area contributed by atoms with E-state index in [1.807, 2.05) is 25.3 Å². The second-order valence-corrected chi connectivity index (χ2v) is 6.86. The minimum atomic E-state index is -0.806. The summed E-state index contributed by atoms with van der Waals surface area (Å²) in [7, 11) is 0. The highest BCUT2D eigenvalue weighted by Gasteiger charge is 2.31. The predicted molar refractivity (Wildman–Crippen MR) is 92.9 cm³/mol. The monoisotopic (exact) mass is 328 g/mol. The molecule has 128 valence electrons. The van der Waals surface area contributed by atoms with Crippen molar-refractivity contribution in [1.29, 1.82) is 0 Å². The lowest BCUT2D eigenvalue weighted by molar-refractivity contribution is -0.146. The van der Waals surface area contributed by atoms with Gasteiger partial charge < -0.3 is 15.0 Å². The van der Waals surface area contributed by atoms with Crippen molar-refractivity contribution in [3.05, 3.63) is 35.5 Å². The summed E-state index contributed by atoms with van der Waals surface area (Å²) in [5.74, 6) is -1.03. The molecule has 2 heterocycles. The molecule has 2 atom stereocenters. The molecule has 5 nitrogen and oxygen atoms in total. The molecular formula is C19H24N2O3. The van der Waals surface area contributed by atoms with Gasteiger partial charge in [0.15, 0.2) is 0 Å². The number of carbonyl (C=O) groups excluding carboxylic acids is 1. The first kappa shape index (κ1) is 16.6. The largest absolute Gasteiger partial charge is 0.481 e. The molecule has 1 aromatic carbocycles. The summed E-state index contributed by atoms with van der Waals surface area (Å²) in [5.41, 5.74) is 3.32. The van der Waals surface area contributed by atoms with Crippen molar-refractivity contribution in [2.24, 2.45) is 11.8 Å². The minimum Gasteiger partial charge on any atom is -0.481 e. The van der Waals surface area contributed by atoms with Crippen molar-refractivity contribution in [2.75, 3.05) is 13.1 Å². The summed E-state index contributed by atoms with van der Waals surface area (Å²) >= 11 is 0. The molecule has 0 aliphatic carbocycles. The van der Waals surface area contributed by atoms with E-state index < -0.39 is 11.9 Å². The Morgan fingerprint density at radius 2 is 2.08 bits per heavy atom. The number of carboxylic acids is 1. The Morgan fingerprint density at radius 1 is 1.29 bits per heavy atom. The van der Waals surface area contributed by atoms with Crippen LogP contribution in [0.4, 0.5) is 0 Å². The molecule has 3 rings (SSSR count). The predicted octanol–water partition coefficient (Wildman–Crippen LogP) is 2.84. The number of aromatic nitrogens is 1. The number of H-pyrrole nitrogens is 1. The Hall–Kier alpha value is -2.30. The summed E-state index contributed by atoms with van der Waals surface area (Å²) in [6, 6.07) is 6.15. The summed E-state index contributed by atoms with van der Waals surface area (Å²) in [6.45, 7) is 5.09. The molecule has 5 heteroatoms. The smallest absolute Gasteiger partial charge is 0.308 e. The maximum absolute atomic E-state index is 12.7. The van der Waals surface area contributed by atoms with E-state index in [1.54, 1.807) is 4.90 Å². The summed E-state index contributed by atoms with van der Waals surface area (Å²) < 4.78 is 0. The van der Waals surface area contributed by atoms with E-state index in [4.69, 9.17) is 0 Å². The van der Waals surface area contributed by atoms with E-state index in [-0.39, 0.29) is 11.8 Å². The molecule has 2 unspecified atom stereocenters. The standard InChI is InChI=1S/C19H24N2O3/c1-3-13-5-4-6-16-14(9-20-18(13)16)8-17(22)21-10-12(2)7-15(11-21)19(23)24/h4-6,9,12,15,20H,3,7-8,10-11H2,1-2H3,(H,23,24). The molecule has 24 heavy (non-hydrogen) atoms. The van der Waals surface area contributed by atoms with Crippen LogP contribution < -0.4 is 0 Å². The number of fused-ring (bicyclic) bond motifs is 1. The zero-order valence-corrected chi connectivity index (χ0v) is 14.2. The van der Waals surface area contributed by atoms with E-state index in [9.17, 15) is 14.7 Å². The van der Waals surface area contributed by atoms with Crippen LogP contribution in [0.5, 0.6) is 0 Å². The number of rotatable bonds is 4. The van der Waals surface area contributed by atoms with Crippen molar-refractivity contribution >= 4 is 22.8 Å². The first-order chi connectivity index (χ1) is 11.5. The highest BCUT2D eigenvalue weighted by molar-refractivity contribution is 5.90. The lowest BCUT2D eigenvalue weighted by Crippen LogP contribution is -2.46. The van der Waals surface area contributed by atoms with Gasteiger partial charge >= 0.3 is 5.97 Å². The Labute approximate surface area is 141 Å². The number of amides is 1.